The fourth-order valence-corrected chi connectivity index (χ4v) is 4.97. The number of hydrogen-bond donors (Lipinski definition) is 4. The van der Waals surface area contributed by atoms with Gasteiger partial charge >= 0.3 is 6.03 Å². The molecule has 6 rings (SSSR count). The van der Waals surface area contributed by atoms with Gasteiger partial charge in [-0.2, -0.15) is 4.98 Å². The summed E-state index contributed by atoms with van der Waals surface area (Å²) in [6, 6.07) is 19.7. The standard InChI is InChI=1S/C30H30N6O2/c1-18-17-31-28-33-22-8-4-6-19(14-22)10-11-20-15-23(32-27(18)36-28)12-13-24(20)34-29(37)35-25-9-5-7-21-16-30(2,3)38-26(21)25/h4-9,12-15,17H,10-11,16H2,1-3H3,(H2,34,35,37)(H2,31,32,33,36). The number of anilines is 6. The fraction of sp³-hybridized carbons (Fsp3) is 0.233. The van der Waals surface area contributed by atoms with Crippen molar-refractivity contribution in [2.75, 3.05) is 21.3 Å². The van der Waals surface area contributed by atoms with E-state index in [1.165, 1.54) is 5.56 Å². The van der Waals surface area contributed by atoms with Gasteiger partial charge in [0.05, 0.1) is 5.69 Å². The number of aryl methyl sites for hydroxylation is 3. The summed E-state index contributed by atoms with van der Waals surface area (Å²) in [6.07, 6.45) is 4.16. The van der Waals surface area contributed by atoms with Gasteiger partial charge in [0.25, 0.3) is 0 Å². The Kier molecular flexibility index (Phi) is 5.87. The topological polar surface area (TPSA) is 100 Å². The van der Waals surface area contributed by atoms with E-state index in [9.17, 15) is 4.79 Å². The van der Waals surface area contributed by atoms with Gasteiger partial charge in [0.1, 0.15) is 17.2 Å². The molecule has 1 aromatic heterocycles. The van der Waals surface area contributed by atoms with Crippen LogP contribution in [0.25, 0.3) is 0 Å². The lowest BCUT2D eigenvalue weighted by molar-refractivity contribution is 0.139. The average molecular weight is 507 g/mol. The maximum Gasteiger partial charge on any atom is 0.323 e. The quantitative estimate of drug-likeness (QED) is 0.241. The lowest BCUT2D eigenvalue weighted by Crippen LogP contribution is -2.25. The second-order valence-corrected chi connectivity index (χ2v) is 10.5. The van der Waals surface area contributed by atoms with Gasteiger partial charge in [0, 0.05) is 40.8 Å². The van der Waals surface area contributed by atoms with E-state index in [0.717, 1.165) is 64.6 Å². The van der Waals surface area contributed by atoms with Crippen LogP contribution in [0.3, 0.4) is 0 Å². The third kappa shape index (κ3) is 4.98. The third-order valence-electron chi connectivity index (χ3n) is 6.79. The Bertz CT molecular complexity index is 1550. The summed E-state index contributed by atoms with van der Waals surface area (Å²) in [6.45, 7) is 6.07. The van der Waals surface area contributed by atoms with Crippen LogP contribution < -0.4 is 26.0 Å². The number of aromatic nitrogens is 2. The minimum absolute atomic E-state index is 0.288. The summed E-state index contributed by atoms with van der Waals surface area (Å²) in [5.41, 5.74) is 7.19. The molecule has 192 valence electrons. The normalized spacial score (nSPS) is 14.8. The summed E-state index contributed by atoms with van der Waals surface area (Å²) in [5, 5.41) is 12.8. The highest BCUT2D eigenvalue weighted by Gasteiger charge is 2.32. The second kappa shape index (κ2) is 9.37. The van der Waals surface area contributed by atoms with Crippen LogP contribution in [-0.4, -0.2) is 21.6 Å². The molecule has 0 unspecified atom stereocenters. The summed E-state index contributed by atoms with van der Waals surface area (Å²) >= 11 is 0. The number of para-hydroxylation sites is 1. The van der Waals surface area contributed by atoms with Crippen molar-refractivity contribution >= 4 is 40.5 Å². The van der Waals surface area contributed by atoms with Crippen molar-refractivity contribution in [3.05, 3.63) is 89.1 Å². The Balaban J connectivity index is 1.29. The van der Waals surface area contributed by atoms with Gasteiger partial charge in [0.15, 0.2) is 0 Å². The van der Waals surface area contributed by atoms with Crippen molar-refractivity contribution in [3.8, 4) is 5.75 Å². The molecule has 2 aliphatic rings. The minimum atomic E-state index is -0.311. The zero-order valence-electron chi connectivity index (χ0n) is 21.7. The molecule has 0 saturated heterocycles. The number of carbonyl (C=O) groups excluding carboxylic acids is 1. The highest BCUT2D eigenvalue weighted by atomic mass is 16.5. The van der Waals surface area contributed by atoms with Crippen LogP contribution in [0.4, 0.5) is 39.3 Å². The van der Waals surface area contributed by atoms with Crippen LogP contribution in [0.5, 0.6) is 5.75 Å². The van der Waals surface area contributed by atoms with E-state index in [2.05, 4.69) is 63.3 Å². The third-order valence-corrected chi connectivity index (χ3v) is 6.79. The number of amides is 2. The van der Waals surface area contributed by atoms with Crippen LogP contribution in [0.1, 0.15) is 36.1 Å². The van der Waals surface area contributed by atoms with Crippen LogP contribution >= 0.6 is 0 Å². The van der Waals surface area contributed by atoms with Crippen molar-refractivity contribution in [1.29, 1.82) is 0 Å². The molecule has 38 heavy (non-hydrogen) atoms. The number of urea groups is 1. The van der Waals surface area contributed by atoms with E-state index in [0.29, 0.717) is 11.6 Å². The molecule has 3 heterocycles. The van der Waals surface area contributed by atoms with E-state index in [1.807, 2.05) is 49.4 Å². The van der Waals surface area contributed by atoms with Gasteiger partial charge in [-0.15, -0.1) is 0 Å². The Hall–Kier alpha value is -4.59. The lowest BCUT2D eigenvalue weighted by atomic mass is 10.0. The molecule has 0 saturated carbocycles. The molecule has 8 heteroatoms. The number of ether oxygens (including phenoxy) is 1. The molecule has 0 fully saturated rings. The molecular weight excluding hydrogens is 476 g/mol. The van der Waals surface area contributed by atoms with Crippen LogP contribution in [0, 0.1) is 6.92 Å². The number of carbonyl (C=O) groups is 1. The molecule has 2 amide bonds. The molecule has 4 aromatic rings. The van der Waals surface area contributed by atoms with Crippen molar-refractivity contribution in [2.24, 2.45) is 0 Å². The minimum Gasteiger partial charge on any atom is -0.485 e. The Morgan fingerprint density at radius 2 is 1.74 bits per heavy atom. The molecule has 2 aliphatic heterocycles. The van der Waals surface area contributed by atoms with E-state index in [-0.39, 0.29) is 11.6 Å². The van der Waals surface area contributed by atoms with Gasteiger partial charge in [-0.05, 0) is 81.1 Å². The van der Waals surface area contributed by atoms with E-state index >= 15 is 0 Å². The van der Waals surface area contributed by atoms with Crippen LogP contribution in [-0.2, 0) is 19.3 Å². The van der Waals surface area contributed by atoms with E-state index in [1.54, 1.807) is 6.20 Å². The van der Waals surface area contributed by atoms with Crippen molar-refractivity contribution in [3.63, 3.8) is 0 Å². The summed E-state index contributed by atoms with van der Waals surface area (Å²) in [7, 11) is 0. The van der Waals surface area contributed by atoms with Gasteiger partial charge < -0.3 is 26.0 Å². The number of nitrogens with zero attached hydrogens (tertiary/aromatic N) is 2. The molecule has 0 spiro atoms. The molecule has 8 nitrogen and oxygen atoms in total. The number of fused-ring (bicyclic) bond motifs is 7. The highest BCUT2D eigenvalue weighted by Crippen LogP contribution is 2.40. The first kappa shape index (κ1) is 23.8. The van der Waals surface area contributed by atoms with Gasteiger partial charge in [-0.3, -0.25) is 0 Å². The molecular formula is C30H30N6O2. The Morgan fingerprint density at radius 3 is 2.63 bits per heavy atom. The predicted octanol–water partition coefficient (Wildman–Crippen LogP) is 6.73. The SMILES string of the molecule is Cc1cnc2nc1Nc1ccc(NC(=O)Nc3cccc4c3OC(C)(C)C4)c(c1)CCc1cccc(c1)N2. The molecule has 4 N–H and O–H groups in total. The van der Waals surface area contributed by atoms with Crippen LogP contribution in [0.15, 0.2) is 66.9 Å². The molecule has 3 aromatic carbocycles. The molecule has 0 radical (unpaired) electrons. The summed E-state index contributed by atoms with van der Waals surface area (Å²) < 4.78 is 6.12. The van der Waals surface area contributed by atoms with Crippen molar-refractivity contribution in [1.82, 2.24) is 9.97 Å². The number of nitrogens with one attached hydrogen (secondary N) is 4. The van der Waals surface area contributed by atoms with Gasteiger partial charge in [-0.25, -0.2) is 9.78 Å². The molecule has 0 aliphatic carbocycles. The fourth-order valence-electron chi connectivity index (χ4n) is 4.97. The molecule has 6 bridgehead atoms. The largest absolute Gasteiger partial charge is 0.485 e. The maximum atomic E-state index is 13.1. The van der Waals surface area contributed by atoms with E-state index in [4.69, 9.17) is 4.74 Å². The number of benzene rings is 3. The highest BCUT2D eigenvalue weighted by molar-refractivity contribution is 6.01. The summed E-state index contributed by atoms with van der Waals surface area (Å²) in [5.74, 6) is 2.00. The lowest BCUT2D eigenvalue weighted by Gasteiger charge is -2.19. The van der Waals surface area contributed by atoms with Gasteiger partial charge in [0.2, 0.25) is 5.95 Å². The first-order valence-corrected chi connectivity index (χ1v) is 12.8. The zero-order valence-corrected chi connectivity index (χ0v) is 21.7. The Morgan fingerprint density at radius 1 is 0.921 bits per heavy atom. The maximum absolute atomic E-state index is 13.1. The van der Waals surface area contributed by atoms with Gasteiger partial charge in [-0.1, -0.05) is 24.3 Å². The van der Waals surface area contributed by atoms with Crippen molar-refractivity contribution < 1.29 is 9.53 Å². The molecule has 0 atom stereocenters. The predicted molar refractivity (Wildman–Crippen MR) is 151 cm³/mol. The number of rotatable bonds is 2. The first-order valence-electron chi connectivity index (χ1n) is 12.8. The first-order chi connectivity index (χ1) is 18.3. The van der Waals surface area contributed by atoms with Crippen molar-refractivity contribution in [2.45, 2.75) is 45.6 Å². The van der Waals surface area contributed by atoms with E-state index < -0.39 is 0 Å². The smallest absolute Gasteiger partial charge is 0.323 e. The summed E-state index contributed by atoms with van der Waals surface area (Å²) in [4.78, 5) is 22.2. The Labute approximate surface area is 221 Å². The average Bonchev–Trinajstić information content (AvgIpc) is 3.21. The van der Waals surface area contributed by atoms with Crippen LogP contribution in [0.2, 0.25) is 0 Å². The zero-order chi connectivity index (χ0) is 26.3. The number of hydrogen-bond acceptors (Lipinski definition) is 6. The second-order valence-electron chi connectivity index (χ2n) is 10.5. The monoisotopic (exact) mass is 506 g/mol.